The number of halogens is 1. The molecule has 1 aliphatic heterocycles. The zero-order chi connectivity index (χ0) is 14.7. The predicted molar refractivity (Wildman–Crippen MR) is 87.0 cm³/mol. The first-order valence-electron chi connectivity index (χ1n) is 7.21. The molecule has 5 heteroatoms. The first-order chi connectivity index (χ1) is 9.51. The van der Waals surface area contributed by atoms with Crippen LogP contribution in [0, 0.1) is 19.8 Å². The molecule has 4 nitrogen and oxygen atoms in total. The summed E-state index contributed by atoms with van der Waals surface area (Å²) in [5, 5.41) is 0. The topological polar surface area (TPSA) is 55.6 Å². The monoisotopic (exact) mass is 312 g/mol. The number of carbonyl (C=O) groups is 1. The Morgan fingerprint density at radius 1 is 1.43 bits per heavy atom. The summed E-state index contributed by atoms with van der Waals surface area (Å²) in [6.45, 7) is 7.62. The zero-order valence-corrected chi connectivity index (χ0v) is 13.8. The minimum absolute atomic E-state index is 0. The molecule has 1 aromatic carbocycles. The third-order valence-electron chi connectivity index (χ3n) is 4.00. The maximum Gasteiger partial charge on any atom is 0.260 e. The van der Waals surface area contributed by atoms with Crippen LogP contribution < -0.4 is 10.5 Å². The van der Waals surface area contributed by atoms with E-state index in [9.17, 15) is 4.79 Å². The molecule has 1 fully saturated rings. The van der Waals surface area contributed by atoms with Gasteiger partial charge < -0.3 is 15.4 Å². The van der Waals surface area contributed by atoms with Crippen LogP contribution in [0.15, 0.2) is 18.2 Å². The van der Waals surface area contributed by atoms with Crippen molar-refractivity contribution in [2.75, 3.05) is 19.7 Å². The van der Waals surface area contributed by atoms with E-state index in [0.29, 0.717) is 12.5 Å². The molecule has 2 unspecified atom stereocenters. The van der Waals surface area contributed by atoms with Crippen LogP contribution in [0.4, 0.5) is 0 Å². The normalized spacial score (nSPS) is 21.0. The van der Waals surface area contributed by atoms with E-state index in [1.165, 1.54) is 5.56 Å². The standard InChI is InChI=1S/C16H24N2O2.ClH/c1-11-4-5-15(12(2)6-11)20-10-16(19)18-9-14(8-17)7-13(18)3;/h4-6,13-14H,7-10,17H2,1-3H3;1H. The molecule has 118 valence electrons. The SMILES string of the molecule is Cc1ccc(OCC(=O)N2CC(CN)CC2C)c(C)c1.Cl. The second-order valence-electron chi connectivity index (χ2n) is 5.79. The van der Waals surface area contributed by atoms with E-state index < -0.39 is 0 Å². The van der Waals surface area contributed by atoms with Gasteiger partial charge in [-0.25, -0.2) is 0 Å². The fourth-order valence-corrected chi connectivity index (χ4v) is 2.84. The van der Waals surface area contributed by atoms with Gasteiger partial charge in [-0.1, -0.05) is 17.7 Å². The lowest BCUT2D eigenvalue weighted by Gasteiger charge is -2.21. The molecule has 1 aromatic rings. The Kier molecular flexibility index (Phi) is 6.49. The van der Waals surface area contributed by atoms with Crippen molar-refractivity contribution in [2.45, 2.75) is 33.2 Å². The smallest absolute Gasteiger partial charge is 0.260 e. The number of nitrogens with two attached hydrogens (primary N) is 1. The molecule has 0 aliphatic carbocycles. The van der Waals surface area contributed by atoms with Crippen LogP contribution >= 0.6 is 12.4 Å². The van der Waals surface area contributed by atoms with Crippen molar-refractivity contribution in [3.63, 3.8) is 0 Å². The highest BCUT2D eigenvalue weighted by molar-refractivity contribution is 5.85. The molecule has 0 aromatic heterocycles. The van der Waals surface area contributed by atoms with E-state index in [4.69, 9.17) is 10.5 Å². The summed E-state index contributed by atoms with van der Waals surface area (Å²) < 4.78 is 5.66. The van der Waals surface area contributed by atoms with Crippen molar-refractivity contribution in [2.24, 2.45) is 11.7 Å². The molecule has 1 aliphatic rings. The Morgan fingerprint density at radius 2 is 2.14 bits per heavy atom. The van der Waals surface area contributed by atoms with Crippen LogP contribution in [-0.2, 0) is 4.79 Å². The number of amides is 1. The second kappa shape index (κ2) is 7.66. The van der Waals surface area contributed by atoms with Gasteiger partial charge in [-0.05, 0) is 51.3 Å². The first kappa shape index (κ1) is 17.8. The molecule has 0 spiro atoms. The molecular weight excluding hydrogens is 288 g/mol. The molecule has 0 saturated carbocycles. The van der Waals surface area contributed by atoms with Gasteiger partial charge in [0.05, 0.1) is 0 Å². The van der Waals surface area contributed by atoms with Gasteiger partial charge in [-0.2, -0.15) is 0 Å². The van der Waals surface area contributed by atoms with E-state index in [2.05, 4.69) is 13.0 Å². The van der Waals surface area contributed by atoms with Crippen LogP contribution in [0.2, 0.25) is 0 Å². The van der Waals surface area contributed by atoms with Gasteiger partial charge in [0.15, 0.2) is 6.61 Å². The fourth-order valence-electron chi connectivity index (χ4n) is 2.84. The van der Waals surface area contributed by atoms with Crippen LogP contribution in [-0.4, -0.2) is 36.5 Å². The zero-order valence-electron chi connectivity index (χ0n) is 13.0. The highest BCUT2D eigenvalue weighted by Gasteiger charge is 2.31. The van der Waals surface area contributed by atoms with E-state index in [1.54, 1.807) is 0 Å². The maximum absolute atomic E-state index is 12.2. The van der Waals surface area contributed by atoms with E-state index in [-0.39, 0.29) is 31.0 Å². The Balaban J connectivity index is 0.00000220. The molecule has 0 radical (unpaired) electrons. The number of nitrogens with zero attached hydrogens (tertiary/aromatic N) is 1. The second-order valence-corrected chi connectivity index (χ2v) is 5.79. The number of ether oxygens (including phenoxy) is 1. The average Bonchev–Trinajstić information content (AvgIpc) is 2.79. The number of benzene rings is 1. The minimum atomic E-state index is 0. The molecule has 2 N–H and O–H groups in total. The van der Waals surface area contributed by atoms with Crippen LogP contribution in [0.25, 0.3) is 0 Å². The Bertz CT molecular complexity index is 493. The van der Waals surface area contributed by atoms with Gasteiger partial charge in [0.25, 0.3) is 5.91 Å². The predicted octanol–water partition coefficient (Wildman–Crippen LogP) is 2.30. The van der Waals surface area contributed by atoms with Gasteiger partial charge in [-0.15, -0.1) is 12.4 Å². The molecule has 1 amide bonds. The molecule has 0 bridgehead atoms. The molecule has 2 atom stereocenters. The lowest BCUT2D eigenvalue weighted by atomic mass is 10.1. The number of aryl methyl sites for hydroxylation is 2. The van der Waals surface area contributed by atoms with Crippen molar-refractivity contribution in [1.29, 1.82) is 0 Å². The summed E-state index contributed by atoms with van der Waals surface area (Å²) in [7, 11) is 0. The Morgan fingerprint density at radius 3 is 2.71 bits per heavy atom. The summed E-state index contributed by atoms with van der Waals surface area (Å²) in [5.74, 6) is 1.26. The van der Waals surface area contributed by atoms with Crippen molar-refractivity contribution >= 4 is 18.3 Å². The molecule has 21 heavy (non-hydrogen) atoms. The molecule has 2 rings (SSSR count). The summed E-state index contributed by atoms with van der Waals surface area (Å²) in [6, 6.07) is 6.24. The summed E-state index contributed by atoms with van der Waals surface area (Å²) in [6.07, 6.45) is 0.992. The Labute approximate surface area is 133 Å². The van der Waals surface area contributed by atoms with Crippen LogP contribution in [0.5, 0.6) is 5.75 Å². The van der Waals surface area contributed by atoms with Gasteiger partial charge in [0, 0.05) is 12.6 Å². The van der Waals surface area contributed by atoms with Gasteiger partial charge >= 0.3 is 0 Å². The number of hydrogen-bond donors (Lipinski definition) is 1. The largest absolute Gasteiger partial charge is 0.484 e. The van der Waals surface area contributed by atoms with Crippen molar-refractivity contribution in [1.82, 2.24) is 4.90 Å². The van der Waals surface area contributed by atoms with Gasteiger partial charge in [0.2, 0.25) is 0 Å². The van der Waals surface area contributed by atoms with Gasteiger partial charge in [0.1, 0.15) is 5.75 Å². The summed E-state index contributed by atoms with van der Waals surface area (Å²) in [5.41, 5.74) is 7.94. The number of likely N-dealkylation sites (tertiary alicyclic amines) is 1. The van der Waals surface area contributed by atoms with Crippen LogP contribution in [0.1, 0.15) is 24.5 Å². The average molecular weight is 313 g/mol. The maximum atomic E-state index is 12.2. The number of carbonyl (C=O) groups excluding carboxylic acids is 1. The van der Waals surface area contributed by atoms with E-state index >= 15 is 0 Å². The third kappa shape index (κ3) is 4.35. The van der Waals surface area contributed by atoms with Crippen molar-refractivity contribution < 1.29 is 9.53 Å². The Hall–Kier alpha value is -1.26. The lowest BCUT2D eigenvalue weighted by Crippen LogP contribution is -2.37. The van der Waals surface area contributed by atoms with Crippen molar-refractivity contribution in [3.8, 4) is 5.75 Å². The lowest BCUT2D eigenvalue weighted by molar-refractivity contribution is -0.134. The highest BCUT2D eigenvalue weighted by atomic mass is 35.5. The summed E-state index contributed by atoms with van der Waals surface area (Å²) in [4.78, 5) is 14.1. The number of rotatable bonds is 4. The third-order valence-corrected chi connectivity index (χ3v) is 4.00. The molecule has 1 saturated heterocycles. The van der Waals surface area contributed by atoms with E-state index in [1.807, 2.05) is 30.9 Å². The minimum Gasteiger partial charge on any atom is -0.484 e. The van der Waals surface area contributed by atoms with E-state index in [0.717, 1.165) is 24.3 Å². The highest BCUT2D eigenvalue weighted by Crippen LogP contribution is 2.23. The fraction of sp³-hybridized carbons (Fsp3) is 0.562. The molecule has 1 heterocycles. The molecular formula is C16H25ClN2O2. The van der Waals surface area contributed by atoms with Crippen LogP contribution in [0.3, 0.4) is 0 Å². The van der Waals surface area contributed by atoms with Gasteiger partial charge in [-0.3, -0.25) is 4.79 Å². The number of hydrogen-bond acceptors (Lipinski definition) is 3. The quantitative estimate of drug-likeness (QED) is 0.928. The van der Waals surface area contributed by atoms with Crippen molar-refractivity contribution in [3.05, 3.63) is 29.3 Å². The summed E-state index contributed by atoms with van der Waals surface area (Å²) >= 11 is 0. The first-order valence-corrected chi connectivity index (χ1v) is 7.21.